The van der Waals surface area contributed by atoms with Gasteiger partial charge in [0.05, 0.1) is 24.9 Å². The summed E-state index contributed by atoms with van der Waals surface area (Å²) in [5.41, 5.74) is 6.22. The van der Waals surface area contributed by atoms with Gasteiger partial charge in [-0.1, -0.05) is 30.3 Å². The van der Waals surface area contributed by atoms with Crippen LogP contribution in [0, 0.1) is 0 Å². The number of aromatic amines is 1. The van der Waals surface area contributed by atoms with Crippen molar-refractivity contribution in [3.05, 3.63) is 65.2 Å². The van der Waals surface area contributed by atoms with Crippen molar-refractivity contribution in [3.8, 4) is 17.0 Å². The minimum absolute atomic E-state index is 0.110. The largest absolute Gasteiger partial charge is 0.497 e. The van der Waals surface area contributed by atoms with Gasteiger partial charge in [0.1, 0.15) is 5.75 Å². The van der Waals surface area contributed by atoms with E-state index in [9.17, 15) is 4.79 Å². The molecule has 0 radical (unpaired) electrons. The number of hydrogen-bond acceptors (Lipinski definition) is 3. The van der Waals surface area contributed by atoms with Crippen LogP contribution in [0.15, 0.2) is 59.7 Å². The molecule has 1 aromatic heterocycles. The summed E-state index contributed by atoms with van der Waals surface area (Å²) in [6, 6.07) is 16.3. The van der Waals surface area contributed by atoms with E-state index in [2.05, 4.69) is 36.2 Å². The van der Waals surface area contributed by atoms with E-state index in [0.717, 1.165) is 51.0 Å². The Bertz CT molecular complexity index is 1160. The van der Waals surface area contributed by atoms with Crippen molar-refractivity contribution in [1.29, 1.82) is 0 Å². The number of benzene rings is 2. The Hall–Kier alpha value is -3.05. The van der Waals surface area contributed by atoms with E-state index >= 15 is 0 Å². The molecule has 2 aromatic carbocycles. The molecule has 1 aliphatic rings. The molecule has 0 aliphatic carbocycles. The summed E-state index contributed by atoms with van der Waals surface area (Å²) in [7, 11) is 1.68. The highest BCUT2D eigenvalue weighted by Crippen LogP contribution is 2.45. The lowest BCUT2D eigenvalue weighted by atomic mass is 9.93. The molecule has 1 aliphatic heterocycles. The van der Waals surface area contributed by atoms with Crippen LogP contribution in [0.4, 0.5) is 0 Å². The molecule has 1 N–H and O–H groups in total. The molecule has 4 rings (SSSR count). The smallest absolute Gasteiger partial charge is 0.250 e. The van der Waals surface area contributed by atoms with Gasteiger partial charge >= 0.3 is 0 Å². The molecule has 0 fully saturated rings. The topological polar surface area (TPSA) is 54.6 Å². The average molecular weight is 433 g/mol. The Labute approximate surface area is 190 Å². The molecular weight excluding hydrogens is 400 g/mol. The van der Waals surface area contributed by atoms with Crippen LogP contribution in [0.2, 0.25) is 0 Å². The predicted molar refractivity (Wildman–Crippen MR) is 129 cm³/mol. The monoisotopic (exact) mass is 432 g/mol. The summed E-state index contributed by atoms with van der Waals surface area (Å²) in [6.45, 7) is 9.39. The van der Waals surface area contributed by atoms with Crippen LogP contribution < -0.4 is 4.74 Å². The number of carbonyl (C=O) groups is 1. The van der Waals surface area contributed by atoms with Crippen molar-refractivity contribution in [1.82, 2.24) is 9.88 Å². The minimum Gasteiger partial charge on any atom is -0.497 e. The standard InChI is InChI=1S/C27H32N2O3/c1-17(2)32-15-9-14-29-26(18(3)19(4)27(29)30)24-22-12-6-7-13-23(22)28-25(24)20-10-8-11-21(16-20)31-5/h6-8,10-13,16-17,26,28H,9,14-15H2,1-5H3. The molecule has 1 atom stereocenters. The zero-order valence-electron chi connectivity index (χ0n) is 19.6. The van der Waals surface area contributed by atoms with Gasteiger partial charge < -0.3 is 19.4 Å². The minimum atomic E-state index is -0.112. The van der Waals surface area contributed by atoms with Crippen LogP contribution in [0.5, 0.6) is 5.75 Å². The van der Waals surface area contributed by atoms with Crippen molar-refractivity contribution < 1.29 is 14.3 Å². The third-order valence-corrected chi connectivity index (χ3v) is 6.27. The van der Waals surface area contributed by atoms with Crippen molar-refractivity contribution in [2.75, 3.05) is 20.3 Å². The molecule has 5 nitrogen and oxygen atoms in total. The first-order valence-corrected chi connectivity index (χ1v) is 11.3. The van der Waals surface area contributed by atoms with Crippen LogP contribution in [0.3, 0.4) is 0 Å². The first kappa shape index (κ1) is 22.2. The molecule has 1 unspecified atom stereocenters. The highest BCUT2D eigenvalue weighted by atomic mass is 16.5. The maximum Gasteiger partial charge on any atom is 0.250 e. The summed E-state index contributed by atoms with van der Waals surface area (Å²) in [6.07, 6.45) is 0.993. The highest BCUT2D eigenvalue weighted by molar-refractivity contribution is 6.00. The SMILES string of the molecule is COc1cccc(-c2[nH]c3ccccc3c2C2C(C)=C(C)C(=O)N2CCCOC(C)C)c1. The van der Waals surface area contributed by atoms with Crippen molar-refractivity contribution >= 4 is 16.8 Å². The molecule has 168 valence electrons. The van der Waals surface area contributed by atoms with Crippen LogP contribution >= 0.6 is 0 Å². The average Bonchev–Trinajstić information content (AvgIpc) is 3.27. The molecule has 0 spiro atoms. The first-order valence-electron chi connectivity index (χ1n) is 11.3. The molecule has 0 saturated heterocycles. The number of nitrogens with zero attached hydrogens (tertiary/aromatic N) is 1. The van der Waals surface area contributed by atoms with Gasteiger partial charge in [-0.25, -0.2) is 0 Å². The number of carbonyl (C=O) groups excluding carboxylic acids is 1. The number of nitrogens with one attached hydrogen (secondary N) is 1. The van der Waals surface area contributed by atoms with Gasteiger partial charge in [0.2, 0.25) is 5.91 Å². The van der Waals surface area contributed by atoms with Gasteiger partial charge in [-0.05, 0) is 57.9 Å². The third kappa shape index (κ3) is 4.05. The van der Waals surface area contributed by atoms with Gasteiger partial charge in [0, 0.05) is 40.8 Å². The lowest BCUT2D eigenvalue weighted by molar-refractivity contribution is -0.127. The fourth-order valence-corrected chi connectivity index (χ4v) is 4.55. The Balaban J connectivity index is 1.81. The van der Waals surface area contributed by atoms with Crippen LogP contribution in [-0.2, 0) is 9.53 Å². The lowest BCUT2D eigenvalue weighted by Gasteiger charge is -2.28. The zero-order chi connectivity index (χ0) is 22.8. The number of methoxy groups -OCH3 is 1. The van der Waals surface area contributed by atoms with Crippen LogP contribution in [0.25, 0.3) is 22.2 Å². The number of H-pyrrole nitrogens is 1. The normalized spacial score (nSPS) is 16.6. The van der Waals surface area contributed by atoms with E-state index in [1.807, 2.05) is 49.9 Å². The molecule has 32 heavy (non-hydrogen) atoms. The second-order valence-electron chi connectivity index (χ2n) is 8.67. The summed E-state index contributed by atoms with van der Waals surface area (Å²) < 4.78 is 11.2. The summed E-state index contributed by atoms with van der Waals surface area (Å²) >= 11 is 0. The molecular formula is C27H32N2O3. The number of amides is 1. The Morgan fingerprint density at radius 2 is 1.88 bits per heavy atom. The van der Waals surface area contributed by atoms with Gasteiger partial charge in [-0.15, -0.1) is 0 Å². The molecule has 1 amide bonds. The van der Waals surface area contributed by atoms with E-state index in [1.165, 1.54) is 0 Å². The zero-order valence-corrected chi connectivity index (χ0v) is 19.6. The van der Waals surface area contributed by atoms with E-state index < -0.39 is 0 Å². The summed E-state index contributed by atoms with van der Waals surface area (Å²) in [5, 5.41) is 1.14. The second kappa shape index (κ2) is 9.21. The quantitative estimate of drug-likeness (QED) is 0.452. The highest BCUT2D eigenvalue weighted by Gasteiger charge is 2.38. The Morgan fingerprint density at radius 3 is 2.62 bits per heavy atom. The summed E-state index contributed by atoms with van der Waals surface area (Å²) in [5.74, 6) is 0.916. The molecule has 0 bridgehead atoms. The number of fused-ring (bicyclic) bond motifs is 1. The molecule has 3 aromatic rings. The van der Waals surface area contributed by atoms with E-state index in [0.29, 0.717) is 13.2 Å². The fourth-order valence-electron chi connectivity index (χ4n) is 4.55. The maximum absolute atomic E-state index is 13.2. The number of aromatic nitrogens is 1. The van der Waals surface area contributed by atoms with Crippen molar-refractivity contribution in [2.24, 2.45) is 0 Å². The van der Waals surface area contributed by atoms with E-state index in [4.69, 9.17) is 9.47 Å². The Morgan fingerprint density at radius 1 is 1.09 bits per heavy atom. The first-order chi connectivity index (χ1) is 15.4. The van der Waals surface area contributed by atoms with Gasteiger partial charge in [0.15, 0.2) is 0 Å². The maximum atomic E-state index is 13.2. The Kier molecular flexibility index (Phi) is 6.38. The third-order valence-electron chi connectivity index (χ3n) is 6.27. The van der Waals surface area contributed by atoms with Crippen molar-refractivity contribution in [3.63, 3.8) is 0 Å². The van der Waals surface area contributed by atoms with Crippen molar-refractivity contribution in [2.45, 2.75) is 46.3 Å². The van der Waals surface area contributed by atoms with Gasteiger partial charge in [-0.2, -0.15) is 0 Å². The number of para-hydroxylation sites is 1. The molecule has 5 heteroatoms. The van der Waals surface area contributed by atoms with E-state index in [1.54, 1.807) is 7.11 Å². The van der Waals surface area contributed by atoms with Crippen LogP contribution in [0.1, 0.15) is 45.7 Å². The van der Waals surface area contributed by atoms with Crippen LogP contribution in [-0.4, -0.2) is 42.2 Å². The predicted octanol–water partition coefficient (Wildman–Crippen LogP) is 5.88. The fraction of sp³-hybridized carbons (Fsp3) is 0.370. The van der Waals surface area contributed by atoms with Gasteiger partial charge in [-0.3, -0.25) is 4.79 Å². The van der Waals surface area contributed by atoms with E-state index in [-0.39, 0.29) is 18.1 Å². The van der Waals surface area contributed by atoms with Gasteiger partial charge in [0.25, 0.3) is 0 Å². The second-order valence-corrected chi connectivity index (χ2v) is 8.67. The number of hydrogen-bond donors (Lipinski definition) is 1. The number of ether oxygens (including phenoxy) is 2. The lowest BCUT2D eigenvalue weighted by Crippen LogP contribution is -2.32. The summed E-state index contributed by atoms with van der Waals surface area (Å²) in [4.78, 5) is 18.9. The molecule has 2 heterocycles. The number of rotatable bonds is 8. The molecule has 0 saturated carbocycles.